The molecule has 7 nitrogen and oxygen atoms in total. The number of fused-ring (bicyclic) bond motifs is 1. The first-order chi connectivity index (χ1) is 18.2. The molecule has 2 amide bonds. The summed E-state index contributed by atoms with van der Waals surface area (Å²) >= 11 is 0. The molecule has 3 aromatic carbocycles. The molecular weight excluding hydrogens is 476 g/mol. The van der Waals surface area contributed by atoms with Crippen molar-refractivity contribution in [3.05, 3.63) is 90.5 Å². The molecule has 0 spiro atoms. The molecule has 2 heterocycles. The summed E-state index contributed by atoms with van der Waals surface area (Å²) < 4.78 is 7.70. The number of aromatic nitrogens is 1. The monoisotopic (exact) mass is 510 g/mol. The normalized spacial score (nSPS) is 14.0. The van der Waals surface area contributed by atoms with Crippen LogP contribution in [0.15, 0.2) is 84.9 Å². The van der Waals surface area contributed by atoms with Crippen LogP contribution in [0.4, 0.5) is 16.3 Å². The van der Waals surface area contributed by atoms with Gasteiger partial charge in [-0.3, -0.25) is 9.36 Å². The Bertz CT molecular complexity index is 1430. The van der Waals surface area contributed by atoms with Crippen molar-refractivity contribution in [3.8, 4) is 5.69 Å². The highest BCUT2D eigenvalue weighted by molar-refractivity contribution is 6.13. The van der Waals surface area contributed by atoms with Crippen molar-refractivity contribution in [1.29, 1.82) is 0 Å². The fourth-order valence-corrected chi connectivity index (χ4v) is 4.94. The number of hydrogen-bond donors (Lipinski definition) is 0. The van der Waals surface area contributed by atoms with Crippen LogP contribution in [-0.4, -0.2) is 65.2 Å². The number of piperazine rings is 1. The summed E-state index contributed by atoms with van der Waals surface area (Å²) in [7, 11) is 2.00. The SMILES string of the molecule is CN(c1ccccc1)c1c(C(=O)N2CCN(C(=O)OC(C)(C)C)CC2)c2ccccc2n1-c1ccccc1. The number of carbonyl (C=O) groups excluding carboxylic acids is 2. The molecule has 1 aromatic heterocycles. The van der Waals surface area contributed by atoms with Crippen molar-refractivity contribution < 1.29 is 14.3 Å². The smallest absolute Gasteiger partial charge is 0.410 e. The molecular formula is C31H34N4O3. The number of amides is 2. The Morgan fingerprint density at radius 1 is 0.763 bits per heavy atom. The molecule has 0 radical (unpaired) electrons. The van der Waals surface area contributed by atoms with Crippen molar-refractivity contribution in [3.63, 3.8) is 0 Å². The van der Waals surface area contributed by atoms with E-state index in [-0.39, 0.29) is 12.0 Å². The zero-order chi connectivity index (χ0) is 26.9. The van der Waals surface area contributed by atoms with Gasteiger partial charge in [0.25, 0.3) is 5.91 Å². The largest absolute Gasteiger partial charge is 0.444 e. The van der Waals surface area contributed by atoms with Crippen LogP contribution in [0.3, 0.4) is 0 Å². The van der Waals surface area contributed by atoms with E-state index in [2.05, 4.69) is 27.7 Å². The maximum atomic E-state index is 14.3. The lowest BCUT2D eigenvalue weighted by Gasteiger charge is -2.36. The van der Waals surface area contributed by atoms with E-state index >= 15 is 0 Å². The average molecular weight is 511 g/mol. The van der Waals surface area contributed by atoms with Gasteiger partial charge in [-0.1, -0.05) is 54.6 Å². The van der Waals surface area contributed by atoms with Gasteiger partial charge in [0.1, 0.15) is 11.4 Å². The molecule has 0 unspecified atom stereocenters. The first-order valence-corrected chi connectivity index (χ1v) is 13.0. The van der Waals surface area contributed by atoms with Gasteiger partial charge in [-0.25, -0.2) is 4.79 Å². The summed E-state index contributed by atoms with van der Waals surface area (Å²) in [5.74, 6) is 0.765. The minimum Gasteiger partial charge on any atom is -0.444 e. The number of nitrogens with zero attached hydrogens (tertiary/aromatic N) is 4. The van der Waals surface area contributed by atoms with Crippen LogP contribution in [0.5, 0.6) is 0 Å². The number of para-hydroxylation sites is 3. The van der Waals surface area contributed by atoms with E-state index in [9.17, 15) is 9.59 Å². The molecule has 196 valence electrons. The summed E-state index contributed by atoms with van der Waals surface area (Å²) in [5.41, 5.74) is 3.03. The van der Waals surface area contributed by atoms with Crippen molar-refractivity contribution >= 4 is 34.4 Å². The molecule has 38 heavy (non-hydrogen) atoms. The molecule has 5 rings (SSSR count). The Labute approximate surface area is 223 Å². The number of ether oxygens (including phenoxy) is 1. The maximum Gasteiger partial charge on any atom is 0.410 e. The van der Waals surface area contributed by atoms with Gasteiger partial charge in [-0.2, -0.15) is 0 Å². The molecule has 1 saturated heterocycles. The molecule has 1 aliphatic rings. The molecule has 0 N–H and O–H groups in total. The number of rotatable bonds is 4. The minimum absolute atomic E-state index is 0.0440. The van der Waals surface area contributed by atoms with Gasteiger partial charge in [0.2, 0.25) is 0 Å². The Morgan fingerprint density at radius 2 is 1.32 bits per heavy atom. The summed E-state index contributed by atoms with van der Waals surface area (Å²) in [4.78, 5) is 32.5. The zero-order valence-corrected chi connectivity index (χ0v) is 22.4. The van der Waals surface area contributed by atoms with E-state index in [1.165, 1.54) is 0 Å². The zero-order valence-electron chi connectivity index (χ0n) is 22.4. The Kier molecular flexibility index (Phi) is 6.85. The van der Waals surface area contributed by atoms with Crippen LogP contribution in [-0.2, 0) is 4.74 Å². The van der Waals surface area contributed by atoms with Gasteiger partial charge in [0, 0.05) is 50.0 Å². The van der Waals surface area contributed by atoms with E-state index < -0.39 is 5.60 Å². The average Bonchev–Trinajstić information content (AvgIpc) is 3.27. The van der Waals surface area contributed by atoms with Crippen LogP contribution in [0.1, 0.15) is 31.1 Å². The molecule has 4 aromatic rings. The standard InChI is InChI=1S/C31H34N4O3/c1-31(2,3)38-30(37)34-21-19-33(20-22-34)29(36)27-25-17-11-12-18-26(25)35(24-15-9-6-10-16-24)28(27)32(4)23-13-7-5-8-14-23/h5-18H,19-22H2,1-4H3. The van der Waals surface area contributed by atoms with E-state index in [1.54, 1.807) is 4.90 Å². The van der Waals surface area contributed by atoms with Crippen molar-refractivity contribution in [1.82, 2.24) is 14.4 Å². The van der Waals surface area contributed by atoms with Crippen LogP contribution in [0.25, 0.3) is 16.6 Å². The highest BCUT2D eigenvalue weighted by Crippen LogP contribution is 2.39. The van der Waals surface area contributed by atoms with Gasteiger partial charge < -0.3 is 19.4 Å². The first kappa shape index (κ1) is 25.4. The van der Waals surface area contributed by atoms with Crippen LogP contribution in [0.2, 0.25) is 0 Å². The second kappa shape index (κ2) is 10.2. The Balaban J connectivity index is 1.56. The molecule has 0 aliphatic carbocycles. The van der Waals surface area contributed by atoms with E-state index in [1.807, 2.05) is 99.4 Å². The topological polar surface area (TPSA) is 58.0 Å². The van der Waals surface area contributed by atoms with E-state index in [0.717, 1.165) is 28.1 Å². The van der Waals surface area contributed by atoms with Gasteiger partial charge >= 0.3 is 6.09 Å². The Morgan fingerprint density at radius 3 is 1.95 bits per heavy atom. The van der Waals surface area contributed by atoms with Crippen LogP contribution < -0.4 is 4.90 Å². The number of carbonyl (C=O) groups is 2. The highest BCUT2D eigenvalue weighted by atomic mass is 16.6. The molecule has 0 bridgehead atoms. The third kappa shape index (κ3) is 4.96. The second-order valence-corrected chi connectivity index (χ2v) is 10.5. The van der Waals surface area contributed by atoms with E-state index in [0.29, 0.717) is 31.7 Å². The number of hydrogen-bond acceptors (Lipinski definition) is 4. The second-order valence-electron chi connectivity index (χ2n) is 10.5. The van der Waals surface area contributed by atoms with Gasteiger partial charge in [-0.05, 0) is 51.1 Å². The summed E-state index contributed by atoms with van der Waals surface area (Å²) in [6.45, 7) is 7.33. The first-order valence-electron chi connectivity index (χ1n) is 13.0. The maximum absolute atomic E-state index is 14.3. The summed E-state index contributed by atoms with van der Waals surface area (Å²) in [6, 6.07) is 28.2. The number of benzene rings is 3. The number of anilines is 2. The summed E-state index contributed by atoms with van der Waals surface area (Å²) in [5, 5.41) is 0.897. The fraction of sp³-hybridized carbons (Fsp3) is 0.290. The van der Waals surface area contributed by atoms with Crippen molar-refractivity contribution in [2.75, 3.05) is 38.1 Å². The third-order valence-corrected chi connectivity index (χ3v) is 6.76. The molecule has 0 atom stereocenters. The Hall–Kier alpha value is -4.26. The highest BCUT2D eigenvalue weighted by Gasteiger charge is 2.33. The lowest BCUT2D eigenvalue weighted by Crippen LogP contribution is -2.51. The van der Waals surface area contributed by atoms with Gasteiger partial charge in [0.15, 0.2) is 0 Å². The lowest BCUT2D eigenvalue weighted by atomic mass is 10.1. The van der Waals surface area contributed by atoms with Crippen LogP contribution >= 0.6 is 0 Å². The quantitative estimate of drug-likeness (QED) is 0.333. The summed E-state index contributed by atoms with van der Waals surface area (Å²) in [6.07, 6.45) is -0.338. The van der Waals surface area contributed by atoms with Crippen LogP contribution in [0, 0.1) is 0 Å². The molecule has 7 heteroatoms. The fourth-order valence-electron chi connectivity index (χ4n) is 4.94. The predicted molar refractivity (Wildman–Crippen MR) is 151 cm³/mol. The predicted octanol–water partition coefficient (Wildman–Crippen LogP) is 6.09. The molecule has 0 saturated carbocycles. The van der Waals surface area contributed by atoms with Crippen molar-refractivity contribution in [2.24, 2.45) is 0 Å². The third-order valence-electron chi connectivity index (χ3n) is 6.76. The van der Waals surface area contributed by atoms with Gasteiger partial charge in [0.05, 0.1) is 11.1 Å². The van der Waals surface area contributed by atoms with E-state index in [4.69, 9.17) is 4.74 Å². The van der Waals surface area contributed by atoms with Crippen molar-refractivity contribution in [2.45, 2.75) is 26.4 Å². The molecule has 1 aliphatic heterocycles. The minimum atomic E-state index is -0.555. The molecule has 1 fully saturated rings. The lowest BCUT2D eigenvalue weighted by molar-refractivity contribution is 0.0141. The van der Waals surface area contributed by atoms with Gasteiger partial charge in [-0.15, -0.1) is 0 Å².